The van der Waals surface area contributed by atoms with Gasteiger partial charge in [-0.15, -0.1) is 0 Å². The van der Waals surface area contributed by atoms with Gasteiger partial charge < -0.3 is 29.2 Å². The molecule has 3 aromatic rings. The Morgan fingerprint density at radius 2 is 1.72 bits per heavy atom. The number of hydrogen-bond acceptors (Lipinski definition) is 6. The first-order valence-electron chi connectivity index (χ1n) is 9.92. The van der Waals surface area contributed by atoms with Crippen LogP contribution >= 0.6 is 0 Å². The molecular weight excluding hydrogens is 412 g/mol. The number of ether oxygens (including phenoxy) is 4. The van der Waals surface area contributed by atoms with Crippen LogP contribution in [0.2, 0.25) is 0 Å². The largest absolute Gasteiger partial charge is 0.493 e. The number of aromatic nitrogens is 1. The Bertz CT molecular complexity index is 1110. The SMILES string of the molecule is COC(=O)[C@@H](Cc1c[nH]c2ccccc12)NC(=O)/C=C/c1cc(OC)c(OC)c(OC)c1. The van der Waals surface area contributed by atoms with Gasteiger partial charge in [0.05, 0.1) is 28.4 Å². The Kier molecular flexibility index (Phi) is 7.38. The molecule has 0 unspecified atom stereocenters. The van der Waals surface area contributed by atoms with Gasteiger partial charge in [-0.25, -0.2) is 4.79 Å². The molecule has 2 N–H and O–H groups in total. The molecule has 8 heteroatoms. The molecule has 1 atom stereocenters. The van der Waals surface area contributed by atoms with Crippen LogP contribution in [0.15, 0.2) is 48.7 Å². The number of methoxy groups -OCH3 is 4. The van der Waals surface area contributed by atoms with Crippen molar-refractivity contribution < 1.29 is 28.5 Å². The van der Waals surface area contributed by atoms with Crippen LogP contribution in [0.5, 0.6) is 17.2 Å². The fourth-order valence-corrected chi connectivity index (χ4v) is 3.45. The predicted molar refractivity (Wildman–Crippen MR) is 121 cm³/mol. The minimum atomic E-state index is -0.837. The van der Waals surface area contributed by atoms with E-state index in [-0.39, 0.29) is 0 Å². The summed E-state index contributed by atoms with van der Waals surface area (Å²) in [5, 5.41) is 3.71. The van der Waals surface area contributed by atoms with Gasteiger partial charge in [-0.2, -0.15) is 0 Å². The fourth-order valence-electron chi connectivity index (χ4n) is 3.45. The van der Waals surface area contributed by atoms with E-state index in [4.69, 9.17) is 18.9 Å². The maximum Gasteiger partial charge on any atom is 0.328 e. The number of hydrogen-bond donors (Lipinski definition) is 2. The van der Waals surface area contributed by atoms with E-state index in [0.29, 0.717) is 29.2 Å². The summed E-state index contributed by atoms with van der Waals surface area (Å²) in [7, 11) is 5.85. The maximum atomic E-state index is 12.6. The summed E-state index contributed by atoms with van der Waals surface area (Å²) in [4.78, 5) is 28.0. The number of aromatic amines is 1. The third kappa shape index (κ3) is 5.03. The van der Waals surface area contributed by atoms with Gasteiger partial charge in [-0.1, -0.05) is 18.2 Å². The number of para-hydroxylation sites is 1. The van der Waals surface area contributed by atoms with Crippen LogP contribution in [0.4, 0.5) is 0 Å². The number of H-pyrrole nitrogens is 1. The van der Waals surface area contributed by atoms with Gasteiger partial charge in [-0.3, -0.25) is 4.79 Å². The summed E-state index contributed by atoms with van der Waals surface area (Å²) in [6.45, 7) is 0. The number of fused-ring (bicyclic) bond motifs is 1. The van der Waals surface area contributed by atoms with Crippen LogP contribution < -0.4 is 19.5 Å². The number of carbonyl (C=O) groups is 2. The van der Waals surface area contributed by atoms with Crippen molar-refractivity contribution in [1.82, 2.24) is 10.3 Å². The molecule has 0 fully saturated rings. The van der Waals surface area contributed by atoms with E-state index in [2.05, 4.69) is 10.3 Å². The van der Waals surface area contributed by atoms with E-state index in [9.17, 15) is 9.59 Å². The lowest BCUT2D eigenvalue weighted by molar-refractivity contribution is -0.144. The molecule has 1 heterocycles. The molecule has 0 aliphatic rings. The molecule has 8 nitrogen and oxygen atoms in total. The number of carbonyl (C=O) groups excluding carboxylic acids is 2. The Morgan fingerprint density at radius 3 is 2.34 bits per heavy atom. The Morgan fingerprint density at radius 1 is 1.03 bits per heavy atom. The predicted octanol–water partition coefficient (Wildman–Crippen LogP) is 3.11. The highest BCUT2D eigenvalue weighted by Gasteiger charge is 2.22. The number of esters is 1. The minimum absolute atomic E-state index is 0.292. The zero-order chi connectivity index (χ0) is 23.1. The van der Waals surface area contributed by atoms with Crippen LogP contribution in [0.1, 0.15) is 11.1 Å². The Hall–Kier alpha value is -3.94. The van der Waals surface area contributed by atoms with Crippen molar-refractivity contribution in [2.45, 2.75) is 12.5 Å². The van der Waals surface area contributed by atoms with E-state index in [0.717, 1.165) is 16.5 Å². The van der Waals surface area contributed by atoms with E-state index in [1.54, 1.807) is 18.2 Å². The van der Waals surface area contributed by atoms with Gasteiger partial charge in [0, 0.05) is 29.6 Å². The van der Waals surface area contributed by atoms with Gasteiger partial charge in [0.25, 0.3) is 0 Å². The third-order valence-corrected chi connectivity index (χ3v) is 5.02. The van der Waals surface area contributed by atoms with E-state index >= 15 is 0 Å². The monoisotopic (exact) mass is 438 g/mol. The van der Waals surface area contributed by atoms with Gasteiger partial charge >= 0.3 is 5.97 Å². The smallest absolute Gasteiger partial charge is 0.328 e. The van der Waals surface area contributed by atoms with Gasteiger partial charge in [-0.05, 0) is 35.4 Å². The summed E-state index contributed by atoms with van der Waals surface area (Å²) >= 11 is 0. The lowest BCUT2D eigenvalue weighted by Gasteiger charge is -2.15. The molecule has 0 saturated carbocycles. The zero-order valence-electron chi connectivity index (χ0n) is 18.4. The van der Waals surface area contributed by atoms with Crippen molar-refractivity contribution in [2.75, 3.05) is 28.4 Å². The molecule has 3 rings (SSSR count). The quantitative estimate of drug-likeness (QED) is 0.394. The lowest BCUT2D eigenvalue weighted by atomic mass is 10.0. The summed E-state index contributed by atoms with van der Waals surface area (Å²) in [6, 6.07) is 10.4. The number of amides is 1. The van der Waals surface area contributed by atoms with Crippen LogP contribution in [-0.2, 0) is 20.7 Å². The number of nitrogens with one attached hydrogen (secondary N) is 2. The average molecular weight is 438 g/mol. The molecule has 0 spiro atoms. The molecule has 0 aliphatic heterocycles. The lowest BCUT2D eigenvalue weighted by Crippen LogP contribution is -2.42. The van der Waals surface area contributed by atoms with Crippen molar-refractivity contribution in [3.63, 3.8) is 0 Å². The van der Waals surface area contributed by atoms with Crippen molar-refractivity contribution in [2.24, 2.45) is 0 Å². The molecule has 1 amide bonds. The first-order chi connectivity index (χ1) is 15.5. The molecule has 0 radical (unpaired) electrons. The zero-order valence-corrected chi connectivity index (χ0v) is 18.4. The van der Waals surface area contributed by atoms with E-state index < -0.39 is 17.9 Å². The topological polar surface area (TPSA) is 98.9 Å². The van der Waals surface area contributed by atoms with E-state index in [1.807, 2.05) is 30.5 Å². The normalized spacial score (nSPS) is 11.9. The number of rotatable bonds is 9. The third-order valence-electron chi connectivity index (χ3n) is 5.02. The molecule has 1 aromatic heterocycles. The van der Waals surface area contributed by atoms with Crippen LogP contribution in [0.3, 0.4) is 0 Å². The van der Waals surface area contributed by atoms with Crippen LogP contribution in [0, 0.1) is 0 Å². The summed E-state index contributed by atoms with van der Waals surface area (Å²) in [6.07, 6.45) is 5.06. The average Bonchev–Trinajstić information content (AvgIpc) is 3.23. The Labute approximate surface area is 186 Å². The molecule has 2 aromatic carbocycles. The summed E-state index contributed by atoms with van der Waals surface area (Å²) < 4.78 is 20.8. The molecule has 0 aliphatic carbocycles. The second kappa shape index (κ2) is 10.4. The molecule has 0 bridgehead atoms. The minimum Gasteiger partial charge on any atom is -0.493 e. The van der Waals surface area contributed by atoms with Gasteiger partial charge in [0.15, 0.2) is 11.5 Å². The highest BCUT2D eigenvalue weighted by Crippen LogP contribution is 2.38. The molecule has 0 saturated heterocycles. The Balaban J connectivity index is 1.77. The molecule has 32 heavy (non-hydrogen) atoms. The number of benzene rings is 2. The summed E-state index contributed by atoms with van der Waals surface area (Å²) in [5.41, 5.74) is 2.53. The van der Waals surface area contributed by atoms with Crippen molar-refractivity contribution >= 4 is 28.9 Å². The van der Waals surface area contributed by atoms with Crippen molar-refractivity contribution in [1.29, 1.82) is 0 Å². The van der Waals surface area contributed by atoms with Crippen LogP contribution in [-0.4, -0.2) is 51.3 Å². The second-order valence-electron chi connectivity index (χ2n) is 6.94. The first kappa shape index (κ1) is 22.7. The summed E-state index contributed by atoms with van der Waals surface area (Å²) in [5.74, 6) is 0.442. The highest BCUT2D eigenvalue weighted by atomic mass is 16.5. The second-order valence-corrected chi connectivity index (χ2v) is 6.94. The van der Waals surface area contributed by atoms with Crippen molar-refractivity contribution in [3.05, 3.63) is 59.8 Å². The van der Waals surface area contributed by atoms with E-state index in [1.165, 1.54) is 34.5 Å². The standard InChI is InChI=1S/C24H26N2O6/c1-29-20-11-15(12-21(30-2)23(20)31-3)9-10-22(27)26-19(24(28)32-4)13-16-14-25-18-8-6-5-7-17(16)18/h5-12,14,19,25H,13H2,1-4H3,(H,26,27)/b10-9+/t19-/m1/s1. The van der Waals surface area contributed by atoms with Crippen molar-refractivity contribution in [3.8, 4) is 17.2 Å². The highest BCUT2D eigenvalue weighted by molar-refractivity contribution is 5.95. The first-order valence-corrected chi connectivity index (χ1v) is 9.92. The van der Waals surface area contributed by atoms with Gasteiger partial charge in [0.2, 0.25) is 11.7 Å². The fraction of sp³-hybridized carbons (Fsp3) is 0.250. The van der Waals surface area contributed by atoms with Gasteiger partial charge in [0.1, 0.15) is 6.04 Å². The maximum absolute atomic E-state index is 12.6. The molecular formula is C24H26N2O6. The molecule has 168 valence electrons. The van der Waals surface area contributed by atoms with Crippen LogP contribution in [0.25, 0.3) is 17.0 Å².